The van der Waals surface area contributed by atoms with Crippen LogP contribution >= 0.6 is 0 Å². The Bertz CT molecular complexity index is 486. The molecule has 2 atom stereocenters. The highest BCUT2D eigenvalue weighted by atomic mass is 16.2. The van der Waals surface area contributed by atoms with Gasteiger partial charge in [0.1, 0.15) is 0 Å². The van der Waals surface area contributed by atoms with Gasteiger partial charge in [-0.2, -0.15) is 0 Å². The van der Waals surface area contributed by atoms with Gasteiger partial charge in [-0.1, -0.05) is 24.3 Å². The highest BCUT2D eigenvalue weighted by Crippen LogP contribution is 2.21. The summed E-state index contributed by atoms with van der Waals surface area (Å²) in [5.41, 5.74) is 2.99. The van der Waals surface area contributed by atoms with Crippen LogP contribution in [0.25, 0.3) is 0 Å². The van der Waals surface area contributed by atoms with E-state index in [9.17, 15) is 4.79 Å². The Kier molecular flexibility index (Phi) is 4.06. The van der Waals surface area contributed by atoms with Gasteiger partial charge in [-0.25, -0.2) is 0 Å². The van der Waals surface area contributed by atoms with E-state index in [0.717, 1.165) is 32.4 Å². The molecule has 0 radical (unpaired) electrons. The number of hydrogen-bond acceptors (Lipinski definition) is 2. The van der Waals surface area contributed by atoms with E-state index >= 15 is 0 Å². The first-order valence-electron chi connectivity index (χ1n) is 7.83. The number of nitrogens with one attached hydrogen (secondary N) is 1. The minimum atomic E-state index is 0.327. The van der Waals surface area contributed by atoms with E-state index in [-0.39, 0.29) is 0 Å². The highest BCUT2D eigenvalue weighted by molar-refractivity contribution is 5.78. The molecule has 108 valence electrons. The van der Waals surface area contributed by atoms with Gasteiger partial charge in [-0.05, 0) is 43.7 Å². The van der Waals surface area contributed by atoms with Crippen molar-refractivity contribution in [3.05, 3.63) is 35.4 Å². The van der Waals surface area contributed by atoms with Crippen molar-refractivity contribution in [3.8, 4) is 0 Å². The molecule has 1 fully saturated rings. The lowest BCUT2D eigenvalue weighted by atomic mass is 9.88. The van der Waals surface area contributed by atoms with Gasteiger partial charge in [0.15, 0.2) is 0 Å². The van der Waals surface area contributed by atoms with E-state index in [4.69, 9.17) is 0 Å². The summed E-state index contributed by atoms with van der Waals surface area (Å²) >= 11 is 0. The van der Waals surface area contributed by atoms with Crippen LogP contribution in [-0.2, 0) is 17.6 Å². The highest BCUT2D eigenvalue weighted by Gasteiger charge is 2.24. The van der Waals surface area contributed by atoms with Gasteiger partial charge in [0, 0.05) is 31.6 Å². The minimum absolute atomic E-state index is 0.327. The second kappa shape index (κ2) is 5.96. The molecule has 0 aromatic heterocycles. The Morgan fingerprint density at radius 1 is 1.30 bits per heavy atom. The van der Waals surface area contributed by atoms with E-state index < -0.39 is 0 Å². The van der Waals surface area contributed by atoms with Gasteiger partial charge in [0.05, 0.1) is 0 Å². The van der Waals surface area contributed by atoms with Crippen LogP contribution in [0.15, 0.2) is 24.3 Å². The summed E-state index contributed by atoms with van der Waals surface area (Å²) in [4.78, 5) is 13.7. The molecule has 0 bridgehead atoms. The molecule has 1 amide bonds. The molecule has 3 rings (SSSR count). The van der Waals surface area contributed by atoms with E-state index in [1.54, 1.807) is 0 Å². The molecule has 1 saturated heterocycles. The first-order chi connectivity index (χ1) is 9.72. The number of benzene rings is 1. The van der Waals surface area contributed by atoms with Crippen molar-refractivity contribution < 1.29 is 4.79 Å². The van der Waals surface area contributed by atoms with E-state index in [2.05, 4.69) is 36.5 Å². The first kappa shape index (κ1) is 13.6. The summed E-state index contributed by atoms with van der Waals surface area (Å²) in [7, 11) is 0. The van der Waals surface area contributed by atoms with Crippen LogP contribution in [0.5, 0.6) is 0 Å². The smallest absolute Gasteiger partial charge is 0.222 e. The van der Waals surface area contributed by atoms with Crippen LogP contribution in [0, 0.1) is 0 Å². The fourth-order valence-corrected chi connectivity index (χ4v) is 3.52. The Labute approximate surface area is 121 Å². The summed E-state index contributed by atoms with van der Waals surface area (Å²) < 4.78 is 0. The number of carbonyl (C=O) groups excluding carboxylic acids is 1. The molecule has 1 aromatic carbocycles. The third kappa shape index (κ3) is 3.04. The summed E-state index contributed by atoms with van der Waals surface area (Å²) in [6.07, 6.45) is 5.26. The number of nitrogens with zero attached hydrogens (tertiary/aromatic N) is 1. The number of amides is 1. The average molecular weight is 272 g/mol. The Morgan fingerprint density at radius 2 is 2.10 bits per heavy atom. The van der Waals surface area contributed by atoms with Crippen molar-refractivity contribution in [1.82, 2.24) is 10.2 Å². The third-order valence-corrected chi connectivity index (χ3v) is 4.53. The summed E-state index contributed by atoms with van der Waals surface area (Å²) in [6.45, 7) is 4.00. The lowest BCUT2D eigenvalue weighted by Crippen LogP contribution is -2.46. The fourth-order valence-electron chi connectivity index (χ4n) is 3.52. The number of rotatable bonds is 4. The van der Waals surface area contributed by atoms with Crippen LogP contribution in [0.2, 0.25) is 0 Å². The molecule has 20 heavy (non-hydrogen) atoms. The number of likely N-dealkylation sites (tertiary alicyclic amines) is 1. The van der Waals surface area contributed by atoms with Gasteiger partial charge in [-0.3, -0.25) is 4.79 Å². The number of aryl methyl sites for hydroxylation is 1. The van der Waals surface area contributed by atoms with Crippen molar-refractivity contribution in [2.24, 2.45) is 0 Å². The van der Waals surface area contributed by atoms with Gasteiger partial charge in [0.25, 0.3) is 0 Å². The molecular formula is C17H24N2O. The Balaban J connectivity index is 1.52. The van der Waals surface area contributed by atoms with Gasteiger partial charge >= 0.3 is 0 Å². The molecule has 2 unspecified atom stereocenters. The number of hydrogen-bond donors (Lipinski definition) is 1. The monoisotopic (exact) mass is 272 g/mol. The van der Waals surface area contributed by atoms with Gasteiger partial charge in [0.2, 0.25) is 5.91 Å². The minimum Gasteiger partial charge on any atom is -0.341 e. The second-order valence-electron chi connectivity index (χ2n) is 6.22. The number of fused-ring (bicyclic) bond motifs is 1. The van der Waals surface area contributed by atoms with Gasteiger partial charge < -0.3 is 10.2 Å². The van der Waals surface area contributed by atoms with Crippen molar-refractivity contribution in [3.63, 3.8) is 0 Å². The maximum Gasteiger partial charge on any atom is 0.222 e. The summed E-state index contributed by atoms with van der Waals surface area (Å²) in [6, 6.07) is 9.70. The zero-order valence-electron chi connectivity index (χ0n) is 12.3. The molecule has 0 saturated carbocycles. The van der Waals surface area contributed by atoms with Crippen molar-refractivity contribution in [1.29, 1.82) is 0 Å². The second-order valence-corrected chi connectivity index (χ2v) is 6.22. The average Bonchev–Trinajstić information content (AvgIpc) is 2.84. The van der Waals surface area contributed by atoms with Crippen molar-refractivity contribution in [2.45, 2.75) is 51.1 Å². The molecule has 1 N–H and O–H groups in total. The lowest BCUT2D eigenvalue weighted by Gasteiger charge is -2.30. The van der Waals surface area contributed by atoms with Crippen molar-refractivity contribution >= 4 is 5.91 Å². The molecule has 1 heterocycles. The maximum absolute atomic E-state index is 11.7. The lowest BCUT2D eigenvalue weighted by molar-refractivity contribution is -0.128. The van der Waals surface area contributed by atoms with E-state index in [1.165, 1.54) is 24.0 Å². The van der Waals surface area contributed by atoms with Crippen LogP contribution in [0.1, 0.15) is 37.3 Å². The maximum atomic E-state index is 11.7. The Morgan fingerprint density at radius 3 is 2.85 bits per heavy atom. The molecule has 2 aliphatic rings. The van der Waals surface area contributed by atoms with E-state index in [0.29, 0.717) is 18.0 Å². The van der Waals surface area contributed by atoms with Crippen LogP contribution in [0.4, 0.5) is 0 Å². The molecule has 0 spiro atoms. The predicted molar refractivity (Wildman–Crippen MR) is 80.7 cm³/mol. The summed E-state index contributed by atoms with van der Waals surface area (Å²) in [5.74, 6) is 0.327. The van der Waals surface area contributed by atoms with Crippen LogP contribution < -0.4 is 5.32 Å². The number of carbonyl (C=O) groups is 1. The quantitative estimate of drug-likeness (QED) is 0.911. The largest absolute Gasteiger partial charge is 0.341 e. The molecular weight excluding hydrogens is 248 g/mol. The topological polar surface area (TPSA) is 32.3 Å². The third-order valence-electron chi connectivity index (χ3n) is 4.53. The van der Waals surface area contributed by atoms with E-state index in [1.807, 2.05) is 4.90 Å². The molecule has 1 aliphatic heterocycles. The predicted octanol–water partition coefficient (Wildman–Crippen LogP) is 2.14. The Hall–Kier alpha value is -1.35. The van der Waals surface area contributed by atoms with Crippen LogP contribution in [-0.4, -0.2) is 36.0 Å². The molecule has 3 nitrogen and oxygen atoms in total. The molecule has 1 aliphatic carbocycles. The molecule has 3 heteroatoms. The first-order valence-corrected chi connectivity index (χ1v) is 7.83. The standard InChI is InChI=1S/C17H24N2O/c1-13(12-19-10-4-7-17(19)20)18-16-9-8-14-5-2-3-6-15(14)11-16/h2-3,5-6,13,16,18H,4,7-12H2,1H3. The fraction of sp³-hybridized carbons (Fsp3) is 0.588. The van der Waals surface area contributed by atoms with Crippen LogP contribution in [0.3, 0.4) is 0 Å². The normalized spacial score (nSPS) is 23.8. The zero-order chi connectivity index (χ0) is 13.9. The van der Waals surface area contributed by atoms with Crippen molar-refractivity contribution in [2.75, 3.05) is 13.1 Å². The summed E-state index contributed by atoms with van der Waals surface area (Å²) in [5, 5.41) is 3.71. The molecule has 1 aromatic rings. The zero-order valence-corrected chi connectivity index (χ0v) is 12.3. The SMILES string of the molecule is CC(CN1CCCC1=O)NC1CCc2ccccc2C1. The van der Waals surface area contributed by atoms with Gasteiger partial charge in [-0.15, -0.1) is 0 Å².